The van der Waals surface area contributed by atoms with Crippen molar-refractivity contribution >= 4 is 0 Å². The Morgan fingerprint density at radius 2 is 1.62 bits per heavy atom. The summed E-state index contributed by atoms with van der Waals surface area (Å²) in [6.07, 6.45) is 2.27. The highest BCUT2D eigenvalue weighted by molar-refractivity contribution is 5.29. The Labute approximate surface area is 147 Å². The maximum Gasteiger partial charge on any atom is 0.119 e. The molecule has 0 bridgehead atoms. The van der Waals surface area contributed by atoms with Crippen molar-refractivity contribution in [3.63, 3.8) is 0 Å². The summed E-state index contributed by atoms with van der Waals surface area (Å²) in [4.78, 5) is 0. The molecule has 0 saturated heterocycles. The third-order valence-electron chi connectivity index (χ3n) is 4.14. The Hall–Kier alpha value is -1.80. The first kappa shape index (κ1) is 18.5. The molecule has 0 fully saturated rings. The van der Waals surface area contributed by atoms with Crippen LogP contribution in [0.3, 0.4) is 0 Å². The summed E-state index contributed by atoms with van der Waals surface area (Å²) in [5.41, 5.74) is 4.17. The maximum atomic E-state index is 5.77. The van der Waals surface area contributed by atoms with Gasteiger partial charge in [0.05, 0.1) is 6.61 Å². The van der Waals surface area contributed by atoms with Crippen molar-refractivity contribution in [2.45, 2.75) is 59.0 Å². The second-order valence-electron chi connectivity index (χ2n) is 7.40. The summed E-state index contributed by atoms with van der Waals surface area (Å²) in [6.45, 7) is 11.4. The van der Waals surface area contributed by atoms with E-state index in [1.54, 1.807) is 0 Å². The topological polar surface area (TPSA) is 21.3 Å². The highest BCUT2D eigenvalue weighted by Gasteiger charge is 2.12. The second kappa shape index (κ2) is 8.89. The molecule has 24 heavy (non-hydrogen) atoms. The number of benzene rings is 2. The second-order valence-corrected chi connectivity index (χ2v) is 7.40. The summed E-state index contributed by atoms with van der Waals surface area (Å²) in [5.74, 6) is 0.970. The Balaban J connectivity index is 1.82. The Bertz CT molecular complexity index is 611. The smallest absolute Gasteiger partial charge is 0.119 e. The fourth-order valence-corrected chi connectivity index (χ4v) is 2.55. The van der Waals surface area contributed by atoms with Crippen molar-refractivity contribution in [1.29, 1.82) is 0 Å². The van der Waals surface area contributed by atoms with Crippen molar-refractivity contribution in [1.82, 2.24) is 5.32 Å². The first-order chi connectivity index (χ1) is 11.5. The van der Waals surface area contributed by atoms with Crippen LogP contribution in [0.2, 0.25) is 0 Å². The van der Waals surface area contributed by atoms with Crippen LogP contribution in [0.4, 0.5) is 0 Å². The van der Waals surface area contributed by atoms with E-state index in [0.717, 1.165) is 38.3 Å². The lowest BCUT2D eigenvalue weighted by Crippen LogP contribution is -2.14. The molecule has 2 aromatic rings. The lowest BCUT2D eigenvalue weighted by atomic mass is 9.87. The predicted molar refractivity (Wildman–Crippen MR) is 103 cm³/mol. The number of nitrogens with one attached hydrogen (secondary N) is 1. The lowest BCUT2D eigenvalue weighted by molar-refractivity contribution is 0.309. The van der Waals surface area contributed by atoms with E-state index in [1.165, 1.54) is 16.7 Å². The molecule has 0 amide bonds. The Morgan fingerprint density at radius 3 is 2.29 bits per heavy atom. The van der Waals surface area contributed by atoms with Crippen LogP contribution in [0.1, 0.15) is 57.2 Å². The van der Waals surface area contributed by atoms with E-state index >= 15 is 0 Å². The lowest BCUT2D eigenvalue weighted by Gasteiger charge is -2.19. The van der Waals surface area contributed by atoms with Crippen molar-refractivity contribution in [2.24, 2.45) is 0 Å². The molecule has 2 nitrogen and oxygen atoms in total. The summed E-state index contributed by atoms with van der Waals surface area (Å²) >= 11 is 0. The fraction of sp³-hybridized carbons (Fsp3) is 0.455. The highest BCUT2D eigenvalue weighted by atomic mass is 16.5. The van der Waals surface area contributed by atoms with Gasteiger partial charge in [0, 0.05) is 13.1 Å². The maximum absolute atomic E-state index is 5.77. The largest absolute Gasteiger partial charge is 0.494 e. The quantitative estimate of drug-likeness (QED) is 0.651. The molecule has 1 N–H and O–H groups in total. The molecule has 0 aliphatic heterocycles. The minimum atomic E-state index is 0.212. The van der Waals surface area contributed by atoms with Gasteiger partial charge in [0.15, 0.2) is 0 Å². The van der Waals surface area contributed by atoms with E-state index in [0.29, 0.717) is 0 Å². The molecule has 0 spiro atoms. The number of hydrogen-bond donors (Lipinski definition) is 1. The SMILES string of the molecule is CCCCOc1cccc(CNCc2ccc(C(C)(C)C)cc2)c1. The van der Waals surface area contributed by atoms with Crippen LogP contribution < -0.4 is 10.1 Å². The molecular weight excluding hydrogens is 294 g/mol. The summed E-state index contributed by atoms with van der Waals surface area (Å²) in [6, 6.07) is 17.3. The Kier molecular flexibility index (Phi) is 6.86. The molecule has 0 heterocycles. The van der Waals surface area contributed by atoms with Crippen LogP contribution in [0, 0.1) is 0 Å². The standard InChI is InChI=1S/C22H31NO/c1-5-6-14-24-21-9-7-8-19(15-21)17-23-16-18-10-12-20(13-11-18)22(2,3)4/h7-13,15,23H,5-6,14,16-17H2,1-4H3. The minimum Gasteiger partial charge on any atom is -0.494 e. The Morgan fingerprint density at radius 1 is 0.917 bits per heavy atom. The highest BCUT2D eigenvalue weighted by Crippen LogP contribution is 2.22. The van der Waals surface area contributed by atoms with Gasteiger partial charge < -0.3 is 10.1 Å². The van der Waals surface area contributed by atoms with E-state index in [9.17, 15) is 0 Å². The van der Waals surface area contributed by atoms with Crippen molar-refractivity contribution in [3.05, 3.63) is 65.2 Å². The van der Waals surface area contributed by atoms with Gasteiger partial charge in [-0.1, -0.05) is 70.5 Å². The van der Waals surface area contributed by atoms with Crippen LogP contribution in [0.25, 0.3) is 0 Å². The molecule has 130 valence electrons. The zero-order chi connectivity index (χ0) is 17.4. The number of unbranched alkanes of at least 4 members (excludes halogenated alkanes) is 1. The van der Waals surface area contributed by atoms with Gasteiger partial charge in [0.2, 0.25) is 0 Å². The van der Waals surface area contributed by atoms with Gasteiger partial charge in [-0.15, -0.1) is 0 Å². The molecule has 2 aromatic carbocycles. The van der Waals surface area contributed by atoms with Crippen LogP contribution in [-0.2, 0) is 18.5 Å². The van der Waals surface area contributed by atoms with Crippen LogP contribution >= 0.6 is 0 Å². The van der Waals surface area contributed by atoms with Crippen molar-refractivity contribution in [3.8, 4) is 5.75 Å². The molecule has 0 radical (unpaired) electrons. The molecule has 0 saturated carbocycles. The average Bonchev–Trinajstić information content (AvgIpc) is 2.55. The van der Waals surface area contributed by atoms with E-state index in [4.69, 9.17) is 4.74 Å². The fourth-order valence-electron chi connectivity index (χ4n) is 2.55. The monoisotopic (exact) mass is 325 g/mol. The van der Waals surface area contributed by atoms with Gasteiger partial charge in [0.25, 0.3) is 0 Å². The number of rotatable bonds is 8. The molecule has 2 heteroatoms. The zero-order valence-electron chi connectivity index (χ0n) is 15.6. The summed E-state index contributed by atoms with van der Waals surface area (Å²) in [5, 5.41) is 3.52. The zero-order valence-corrected chi connectivity index (χ0v) is 15.6. The summed E-state index contributed by atoms with van der Waals surface area (Å²) < 4.78 is 5.77. The first-order valence-electron chi connectivity index (χ1n) is 9.01. The van der Waals surface area contributed by atoms with Gasteiger partial charge in [-0.25, -0.2) is 0 Å². The third-order valence-corrected chi connectivity index (χ3v) is 4.14. The van der Waals surface area contributed by atoms with E-state index < -0.39 is 0 Å². The molecular formula is C22H31NO. The molecule has 0 aromatic heterocycles. The van der Waals surface area contributed by atoms with Gasteiger partial charge in [0.1, 0.15) is 5.75 Å². The van der Waals surface area contributed by atoms with E-state index in [1.807, 2.05) is 6.07 Å². The van der Waals surface area contributed by atoms with E-state index in [-0.39, 0.29) is 5.41 Å². The molecule has 2 rings (SSSR count). The average molecular weight is 325 g/mol. The number of hydrogen-bond acceptors (Lipinski definition) is 2. The van der Waals surface area contributed by atoms with Gasteiger partial charge in [-0.2, -0.15) is 0 Å². The van der Waals surface area contributed by atoms with Crippen LogP contribution in [-0.4, -0.2) is 6.61 Å². The molecule has 0 atom stereocenters. The van der Waals surface area contributed by atoms with Crippen molar-refractivity contribution < 1.29 is 4.74 Å². The minimum absolute atomic E-state index is 0.212. The number of ether oxygens (including phenoxy) is 1. The van der Waals surface area contributed by atoms with Crippen molar-refractivity contribution in [2.75, 3.05) is 6.61 Å². The third kappa shape index (κ3) is 6.01. The van der Waals surface area contributed by atoms with Crippen LogP contribution in [0.15, 0.2) is 48.5 Å². The van der Waals surface area contributed by atoms with Gasteiger partial charge in [-0.3, -0.25) is 0 Å². The van der Waals surface area contributed by atoms with Crippen LogP contribution in [0.5, 0.6) is 5.75 Å². The molecule has 0 aliphatic carbocycles. The first-order valence-corrected chi connectivity index (χ1v) is 9.01. The molecule has 0 unspecified atom stereocenters. The summed E-state index contributed by atoms with van der Waals surface area (Å²) in [7, 11) is 0. The van der Waals surface area contributed by atoms with Gasteiger partial charge in [-0.05, 0) is 40.7 Å². The predicted octanol–water partition coefficient (Wildman–Crippen LogP) is 5.45. The normalized spacial score (nSPS) is 11.5. The van der Waals surface area contributed by atoms with Gasteiger partial charge >= 0.3 is 0 Å². The molecule has 0 aliphatic rings. The van der Waals surface area contributed by atoms with E-state index in [2.05, 4.69) is 75.5 Å².